The molecule has 10 aromatic rings. The number of rotatable bonds is 24. The number of phenols is 1. The first kappa shape index (κ1) is 73.2. The number of aromatic amines is 1. The number of aromatic hydroxyl groups is 1. The Morgan fingerprint density at radius 2 is 0.976 bits per heavy atom. The molecule has 10 rings (SSSR count). The second-order valence-electron chi connectivity index (χ2n) is 20.5. The van der Waals surface area contributed by atoms with Crippen LogP contribution in [0.2, 0.25) is 0 Å². The summed E-state index contributed by atoms with van der Waals surface area (Å²) in [4.78, 5) is 25.1. The van der Waals surface area contributed by atoms with Gasteiger partial charge in [-0.1, -0.05) is 157 Å². The van der Waals surface area contributed by atoms with Crippen molar-refractivity contribution in [1.82, 2.24) is 19.5 Å². The largest absolute Gasteiger partial charge is 1.00 e. The average Bonchev–Trinajstić information content (AvgIpc) is 1.96. The van der Waals surface area contributed by atoms with E-state index in [2.05, 4.69) is 239 Å². The van der Waals surface area contributed by atoms with E-state index in [1.807, 2.05) is 12.1 Å². The Bertz CT molecular complexity index is 3520. The van der Waals surface area contributed by atoms with Crippen molar-refractivity contribution >= 4 is 178 Å². The number of benzene rings is 8. The third kappa shape index (κ3) is 21.3. The summed E-state index contributed by atoms with van der Waals surface area (Å²) < 4.78 is 13.5. The number of halogens is 5. The van der Waals surface area contributed by atoms with E-state index in [0.29, 0.717) is 0 Å². The van der Waals surface area contributed by atoms with Gasteiger partial charge in [-0.05, 0) is 228 Å². The number of aryl methyl sites for hydroxylation is 1. The zero-order chi connectivity index (χ0) is 57.5. The van der Waals surface area contributed by atoms with Gasteiger partial charge in [0.15, 0.2) is 0 Å². The maximum Gasteiger partial charge on any atom is 1.00 e. The van der Waals surface area contributed by atoms with Crippen LogP contribution in [0.4, 0.5) is 0 Å². The van der Waals surface area contributed by atoms with E-state index in [9.17, 15) is 5.11 Å². The Balaban J connectivity index is 0.000000306. The van der Waals surface area contributed by atoms with Gasteiger partial charge in [-0.2, -0.15) is 0 Å². The van der Waals surface area contributed by atoms with Crippen LogP contribution in [0, 0.1) is 14.3 Å². The fourth-order valence-corrected chi connectivity index (χ4v) is 12.7. The number of H-pyrrole nitrogens is 1. The van der Waals surface area contributed by atoms with E-state index < -0.39 is 0 Å². The third-order valence-electron chi connectivity index (χ3n) is 14.5. The maximum atomic E-state index is 9.55. The predicted molar refractivity (Wildman–Crippen MR) is 377 cm³/mol. The van der Waals surface area contributed by atoms with Gasteiger partial charge < -0.3 is 31.0 Å². The van der Waals surface area contributed by atoms with Crippen molar-refractivity contribution in [3.63, 3.8) is 0 Å². The Labute approximate surface area is 640 Å². The molecule has 0 fully saturated rings. The number of nitrogens with zero attached hydrogens (tertiary/aromatic N) is 3. The molecular weight excluding hydrogens is 1610 g/mol. The van der Waals surface area contributed by atoms with Crippen LogP contribution in [0.3, 0.4) is 0 Å². The van der Waals surface area contributed by atoms with E-state index in [4.69, 9.17) is 24.8 Å². The number of carbonyl (C=O) groups excluding carboxylic acids is 1. The summed E-state index contributed by atoms with van der Waals surface area (Å²) in [5.41, 5.74) is 6.53. The van der Waals surface area contributed by atoms with Crippen molar-refractivity contribution < 1.29 is 129 Å². The molecule has 0 aliphatic rings. The molecule has 0 aliphatic carbocycles. The first-order valence-electron chi connectivity index (χ1n) is 28.8. The van der Waals surface area contributed by atoms with Gasteiger partial charge in [0.2, 0.25) is 0 Å². The zero-order valence-electron chi connectivity index (χ0n) is 49.8. The molecule has 0 bridgehead atoms. The van der Waals surface area contributed by atoms with Gasteiger partial charge in [0.25, 0.3) is 6.47 Å². The molecule has 0 saturated heterocycles. The first-order chi connectivity index (χ1) is 39.5. The number of nitrogens with one attached hydrogen (secondary N) is 1. The minimum atomic E-state index is -0.181. The van der Waals surface area contributed by atoms with E-state index in [1.165, 1.54) is 166 Å². The Hall–Kier alpha value is -0.557. The number of phenolic OH excluding ortho intramolecular Hbond substituents is 1. The van der Waals surface area contributed by atoms with E-state index in [-0.39, 0.29) is 116 Å². The molecule has 430 valence electrons. The van der Waals surface area contributed by atoms with Gasteiger partial charge in [0.05, 0.1) is 28.7 Å². The van der Waals surface area contributed by atoms with Crippen molar-refractivity contribution in [1.29, 1.82) is 0 Å². The van der Waals surface area contributed by atoms with E-state index in [1.54, 1.807) is 12.1 Å². The number of imidazole rings is 2. The molecule has 83 heavy (non-hydrogen) atoms. The molecule has 8 aromatic carbocycles. The molecule has 0 spiro atoms. The normalized spacial score (nSPS) is 10.9. The minimum absolute atomic E-state index is 0. The van der Waals surface area contributed by atoms with Crippen LogP contribution in [0.15, 0.2) is 121 Å². The number of ether oxygens (including phenoxy) is 1. The molecule has 9 nitrogen and oxygen atoms in total. The number of aromatic nitrogens is 4. The van der Waals surface area contributed by atoms with Crippen LogP contribution in [0.5, 0.6) is 11.5 Å². The summed E-state index contributed by atoms with van der Waals surface area (Å²) in [5.74, 6) is 3.08. The maximum absolute atomic E-state index is 9.55. The van der Waals surface area contributed by atoms with Crippen molar-refractivity contribution in [3.8, 4) is 34.3 Å². The van der Waals surface area contributed by atoms with Gasteiger partial charge in [-0.3, -0.25) is 4.79 Å². The van der Waals surface area contributed by atoms with Crippen molar-refractivity contribution in [2.45, 2.75) is 143 Å². The van der Waals surface area contributed by atoms with E-state index in [0.717, 1.165) is 76.5 Å². The summed E-state index contributed by atoms with van der Waals surface area (Å²) in [6.45, 7) is 8.39. The summed E-state index contributed by atoms with van der Waals surface area (Å²) in [6.07, 6.45) is 23.7. The zero-order valence-corrected chi connectivity index (χ0v) is 65.2. The molecule has 2 heterocycles. The number of fused-ring (bicyclic) bond motifs is 12. The number of hydrogen-bond acceptors (Lipinski definition) is 7. The molecule has 0 atom stereocenters. The van der Waals surface area contributed by atoms with Crippen LogP contribution in [-0.2, 0) is 16.2 Å². The summed E-state index contributed by atoms with van der Waals surface area (Å²) in [6, 6.07) is 42.5. The second-order valence-corrected chi connectivity index (χ2v) is 26.2. The third-order valence-corrected chi connectivity index (χ3v) is 17.7. The van der Waals surface area contributed by atoms with Crippen LogP contribution in [-0.4, -0.2) is 43.0 Å². The Morgan fingerprint density at radius 3 is 1.49 bits per heavy atom. The van der Waals surface area contributed by atoms with Gasteiger partial charge in [-0.25, -0.2) is 9.97 Å². The minimum Gasteiger partial charge on any atom is -1.00 e. The smallest absolute Gasteiger partial charge is 1.00 e. The molecule has 2 aromatic heterocycles. The first-order valence-corrected chi connectivity index (χ1v) is 34.2. The van der Waals surface area contributed by atoms with Crippen molar-refractivity contribution in [3.05, 3.63) is 136 Å². The number of unbranched alkanes of at least 4 members (excludes halogenated alkanes) is 15. The van der Waals surface area contributed by atoms with Gasteiger partial charge >= 0.3 is 103 Å². The number of carbonyl (C=O) groups is 1. The van der Waals surface area contributed by atoms with Crippen LogP contribution >= 0.6 is 106 Å². The monoisotopic (exact) mass is 1680 g/mol. The van der Waals surface area contributed by atoms with E-state index >= 15 is 0 Å². The average molecular weight is 1680 g/mol. The molecule has 16 heteroatoms. The summed E-state index contributed by atoms with van der Waals surface area (Å²) in [5, 5.41) is 29.1. The fourth-order valence-electron chi connectivity index (χ4n) is 10.4. The van der Waals surface area contributed by atoms with Crippen LogP contribution in [0.25, 0.3) is 87.9 Å². The second kappa shape index (κ2) is 39.5. The van der Waals surface area contributed by atoms with Crippen LogP contribution < -0.4 is 113 Å². The predicted octanol–water partition coefficient (Wildman–Crippen LogP) is 15.1. The number of hydrogen-bond donors (Lipinski definition) is 2. The van der Waals surface area contributed by atoms with Crippen LogP contribution in [0.1, 0.15) is 138 Å². The summed E-state index contributed by atoms with van der Waals surface area (Å²) >= 11 is 13.0. The Kier molecular flexibility index (Phi) is 34.9. The summed E-state index contributed by atoms with van der Waals surface area (Å²) in [7, 11) is 0. The standard InChI is InChI=1S/C37H44I2N2O.C21H12I2N2O.C8H17Br.CH2O3.2K.H/c1-3-5-7-9-11-13-23-41-36-34-26-29(39)18-22-32(34)31-21-17-28(38)25-33(31)35(36)40-37(41)27-15-19-30(20-16-27)42-24-14-12-10-8-6-4-2;22-12-3-7-15-16-8-4-13(23)10-18(16)20-19(17(15)9-12)24-21(25-20)11-1-5-14(26)6-2-11;1-2-3-4-5-6-7-8-9;2-1-4-3;;;/h15-22,25-26H,3-14,23-24H2,1-2H3;1-10,26H,(H,24,25);2-8H2,1H3;1,3H;;;/q;;;;2*+1;-1/p-1. The van der Waals surface area contributed by atoms with Crippen molar-refractivity contribution in [2.75, 3.05) is 11.9 Å². The number of alkyl halides is 1. The molecule has 0 saturated carbocycles. The SMILES string of the molecule is CCCCCCCCBr.CCCCCCCCOc1ccc(-c2nc3c4cc(I)ccc4c4ccc(I)cc4c3n2CCCCCCCC)cc1.O=CO[O-].Oc1ccc(-c2nc3c4cc(I)ccc4c4ccc(I)cc4c3[nH]2)cc1.[H-].[K+].[K+]. The molecule has 0 aliphatic heterocycles. The van der Waals surface area contributed by atoms with Gasteiger partial charge in [-0.15, -0.1) is 0 Å². The molecule has 0 radical (unpaired) electrons. The topological polar surface area (TPSA) is 125 Å². The molecule has 2 N–H and O–H groups in total. The molecular formula is C67H75BrI4K2N4O5. The van der Waals surface area contributed by atoms with Crippen molar-refractivity contribution in [2.24, 2.45) is 0 Å². The quantitative estimate of drug-likeness (QED) is 0.00902. The molecule has 0 amide bonds. The molecule has 0 unspecified atom stereocenters. The van der Waals surface area contributed by atoms with Gasteiger partial charge in [0, 0.05) is 58.8 Å². The Morgan fingerprint density at radius 1 is 0.542 bits per heavy atom. The fraction of sp³-hybridized carbons (Fsp3) is 0.358. The van der Waals surface area contributed by atoms with Gasteiger partial charge in [0.1, 0.15) is 23.1 Å².